The van der Waals surface area contributed by atoms with Gasteiger partial charge in [0.05, 0.1) is 6.07 Å². The number of rotatable bonds is 10. The Morgan fingerprint density at radius 3 is 2.24 bits per heavy atom. The van der Waals surface area contributed by atoms with Gasteiger partial charge in [-0.2, -0.15) is 17.0 Å². The zero-order valence-corrected chi connectivity index (χ0v) is 21.4. The first-order chi connectivity index (χ1) is 15.4. The summed E-state index contributed by atoms with van der Waals surface area (Å²) in [6.07, 6.45) is 1.50. The first-order valence-corrected chi connectivity index (χ1v) is 12.3. The fourth-order valence-corrected chi connectivity index (χ4v) is 3.57. The molecule has 33 heavy (non-hydrogen) atoms. The standard InChI is InChI=1S/C24H36N4O4S/c1-16(2)26-21(29)20(18-10-8-17(3)9-11-18)28(14-13-25)22(30)19(12-15-33-7)27-23(31)32-24(4,5)6/h8-11,16,19-20H,12,14-15H2,1-7H3,(H,26,29)(H,27,31). The fourth-order valence-electron chi connectivity index (χ4n) is 3.10. The molecule has 9 heteroatoms. The van der Waals surface area contributed by atoms with Crippen LogP contribution in [0.25, 0.3) is 0 Å². The Morgan fingerprint density at radius 2 is 1.76 bits per heavy atom. The quantitative estimate of drug-likeness (QED) is 0.500. The van der Waals surface area contributed by atoms with Crippen molar-refractivity contribution in [3.05, 3.63) is 35.4 Å². The average molecular weight is 477 g/mol. The molecule has 0 spiro atoms. The highest BCUT2D eigenvalue weighted by Gasteiger charge is 2.36. The van der Waals surface area contributed by atoms with Gasteiger partial charge in [0.2, 0.25) is 11.8 Å². The van der Waals surface area contributed by atoms with Crippen molar-refractivity contribution >= 4 is 29.7 Å². The van der Waals surface area contributed by atoms with E-state index in [-0.39, 0.29) is 12.6 Å². The van der Waals surface area contributed by atoms with E-state index in [4.69, 9.17) is 4.74 Å². The van der Waals surface area contributed by atoms with Gasteiger partial charge in [-0.05, 0) is 65.5 Å². The second-order valence-electron chi connectivity index (χ2n) is 9.08. The van der Waals surface area contributed by atoms with Crippen LogP contribution in [0.2, 0.25) is 0 Å². The second-order valence-corrected chi connectivity index (χ2v) is 10.1. The molecule has 182 valence electrons. The van der Waals surface area contributed by atoms with E-state index in [9.17, 15) is 19.6 Å². The molecular formula is C24H36N4O4S. The van der Waals surface area contributed by atoms with Gasteiger partial charge in [0.25, 0.3) is 0 Å². The van der Waals surface area contributed by atoms with E-state index < -0.39 is 35.6 Å². The number of hydrogen-bond acceptors (Lipinski definition) is 6. The summed E-state index contributed by atoms with van der Waals surface area (Å²) in [6, 6.07) is 7.13. The molecule has 1 rings (SSSR count). The van der Waals surface area contributed by atoms with Gasteiger partial charge < -0.3 is 20.3 Å². The Hall–Kier alpha value is -2.73. The molecule has 0 aliphatic heterocycles. The molecule has 0 aliphatic carbocycles. The van der Waals surface area contributed by atoms with Crippen LogP contribution in [0, 0.1) is 18.3 Å². The van der Waals surface area contributed by atoms with Crippen LogP contribution < -0.4 is 10.6 Å². The Balaban J connectivity index is 3.37. The lowest BCUT2D eigenvalue weighted by atomic mass is 10.0. The molecule has 2 N–H and O–H groups in total. The SMILES string of the molecule is CSCCC(NC(=O)OC(C)(C)C)C(=O)N(CC#N)C(C(=O)NC(C)C)c1ccc(C)cc1. The Morgan fingerprint density at radius 1 is 1.15 bits per heavy atom. The highest BCUT2D eigenvalue weighted by molar-refractivity contribution is 7.98. The number of benzene rings is 1. The minimum atomic E-state index is -1.02. The smallest absolute Gasteiger partial charge is 0.408 e. The van der Waals surface area contributed by atoms with Crippen LogP contribution in [0.5, 0.6) is 0 Å². The number of hydrogen-bond donors (Lipinski definition) is 2. The normalized spacial score (nSPS) is 12.9. The fraction of sp³-hybridized carbons (Fsp3) is 0.583. The number of ether oxygens (including phenoxy) is 1. The summed E-state index contributed by atoms with van der Waals surface area (Å²) in [4.78, 5) is 40.4. The third kappa shape index (κ3) is 9.74. The number of thioether (sulfide) groups is 1. The maximum Gasteiger partial charge on any atom is 0.408 e. The number of carbonyl (C=O) groups excluding carboxylic acids is 3. The summed E-state index contributed by atoms with van der Waals surface area (Å²) in [5.41, 5.74) is 0.859. The topological polar surface area (TPSA) is 112 Å². The molecule has 0 saturated carbocycles. The van der Waals surface area contributed by atoms with Gasteiger partial charge in [-0.25, -0.2) is 4.79 Å². The van der Waals surface area contributed by atoms with Gasteiger partial charge >= 0.3 is 6.09 Å². The molecule has 0 fully saturated rings. The van der Waals surface area contributed by atoms with E-state index >= 15 is 0 Å². The summed E-state index contributed by atoms with van der Waals surface area (Å²) in [5.74, 6) is -0.306. The average Bonchev–Trinajstić information content (AvgIpc) is 2.69. The third-order valence-electron chi connectivity index (χ3n) is 4.51. The third-order valence-corrected chi connectivity index (χ3v) is 5.15. The molecule has 8 nitrogen and oxygen atoms in total. The molecule has 1 aromatic carbocycles. The van der Waals surface area contributed by atoms with Crippen LogP contribution in [0.15, 0.2) is 24.3 Å². The summed E-state index contributed by atoms with van der Waals surface area (Å²) in [7, 11) is 0. The van der Waals surface area contributed by atoms with Gasteiger partial charge in [-0.3, -0.25) is 9.59 Å². The van der Waals surface area contributed by atoms with Gasteiger partial charge in [0.15, 0.2) is 0 Å². The molecule has 0 radical (unpaired) electrons. The molecule has 2 unspecified atom stereocenters. The van der Waals surface area contributed by atoms with Crippen LogP contribution >= 0.6 is 11.8 Å². The van der Waals surface area contributed by atoms with Crippen LogP contribution in [-0.4, -0.2) is 59.0 Å². The Bertz CT molecular complexity index is 844. The number of nitriles is 1. The number of amides is 3. The van der Waals surface area contributed by atoms with Gasteiger partial charge in [0.1, 0.15) is 24.2 Å². The van der Waals surface area contributed by atoms with Gasteiger partial charge in [-0.15, -0.1) is 0 Å². The number of aryl methyl sites for hydroxylation is 1. The maximum absolute atomic E-state index is 13.6. The summed E-state index contributed by atoms with van der Waals surface area (Å²) < 4.78 is 5.32. The van der Waals surface area contributed by atoms with Gasteiger partial charge in [0, 0.05) is 6.04 Å². The molecule has 0 bridgehead atoms. The van der Waals surface area contributed by atoms with Crippen molar-refractivity contribution in [2.24, 2.45) is 0 Å². The lowest BCUT2D eigenvalue weighted by Crippen LogP contribution is -2.53. The number of alkyl carbamates (subject to hydrolysis) is 1. The molecule has 0 aliphatic rings. The van der Waals surface area contributed by atoms with Crippen molar-refractivity contribution in [3.63, 3.8) is 0 Å². The molecular weight excluding hydrogens is 440 g/mol. The summed E-state index contributed by atoms with van der Waals surface area (Å²) in [5, 5.41) is 15.0. The number of carbonyl (C=O) groups is 3. The van der Waals surface area contributed by atoms with Crippen molar-refractivity contribution in [2.75, 3.05) is 18.6 Å². The first-order valence-electron chi connectivity index (χ1n) is 10.9. The van der Waals surface area contributed by atoms with Crippen LogP contribution in [0.4, 0.5) is 4.79 Å². The Labute approximate surface area is 201 Å². The van der Waals surface area contributed by atoms with Crippen molar-refractivity contribution < 1.29 is 19.1 Å². The number of nitrogens with one attached hydrogen (secondary N) is 2. The zero-order valence-electron chi connectivity index (χ0n) is 20.6. The molecule has 3 amide bonds. The van der Waals surface area contributed by atoms with Crippen molar-refractivity contribution in [2.45, 2.75) is 71.7 Å². The van der Waals surface area contributed by atoms with Crippen molar-refractivity contribution in [1.82, 2.24) is 15.5 Å². The molecule has 0 aromatic heterocycles. The molecule has 0 saturated heterocycles. The maximum atomic E-state index is 13.6. The van der Waals surface area contributed by atoms with E-state index in [1.54, 1.807) is 32.9 Å². The van der Waals surface area contributed by atoms with Crippen LogP contribution in [0.1, 0.15) is 58.2 Å². The second kappa shape index (κ2) is 13.1. The minimum Gasteiger partial charge on any atom is -0.444 e. The highest BCUT2D eigenvalue weighted by Crippen LogP contribution is 2.24. The zero-order chi connectivity index (χ0) is 25.2. The van der Waals surface area contributed by atoms with Crippen LogP contribution in [0.3, 0.4) is 0 Å². The lowest BCUT2D eigenvalue weighted by Gasteiger charge is -2.33. The van der Waals surface area contributed by atoms with Crippen molar-refractivity contribution in [3.8, 4) is 6.07 Å². The lowest BCUT2D eigenvalue weighted by molar-refractivity contribution is -0.142. The van der Waals surface area contributed by atoms with E-state index in [1.165, 1.54) is 16.7 Å². The van der Waals surface area contributed by atoms with Gasteiger partial charge in [-0.1, -0.05) is 29.8 Å². The van der Waals surface area contributed by atoms with Crippen molar-refractivity contribution in [1.29, 1.82) is 5.26 Å². The molecule has 2 atom stereocenters. The predicted octanol–water partition coefficient (Wildman–Crippen LogP) is 3.56. The molecule has 1 aromatic rings. The Kier molecular flexibility index (Phi) is 11.2. The largest absolute Gasteiger partial charge is 0.444 e. The minimum absolute atomic E-state index is 0.156. The highest BCUT2D eigenvalue weighted by atomic mass is 32.2. The first kappa shape index (κ1) is 28.3. The van der Waals surface area contributed by atoms with E-state index in [0.29, 0.717) is 17.7 Å². The van der Waals surface area contributed by atoms with E-state index in [2.05, 4.69) is 10.6 Å². The summed E-state index contributed by atoms with van der Waals surface area (Å²) in [6.45, 7) is 10.5. The van der Waals surface area contributed by atoms with Crippen LogP contribution in [-0.2, 0) is 14.3 Å². The van der Waals surface area contributed by atoms with E-state index in [1.807, 2.05) is 45.2 Å². The molecule has 0 heterocycles. The predicted molar refractivity (Wildman–Crippen MR) is 131 cm³/mol. The summed E-state index contributed by atoms with van der Waals surface area (Å²) >= 11 is 1.53. The monoisotopic (exact) mass is 476 g/mol. The van der Waals surface area contributed by atoms with E-state index in [0.717, 1.165) is 5.56 Å². The number of nitrogens with zero attached hydrogens (tertiary/aromatic N) is 2.